The maximum atomic E-state index is 11.4. The Morgan fingerprint density at radius 2 is 1.95 bits per heavy atom. The van der Waals surface area contributed by atoms with Gasteiger partial charge in [-0.15, -0.1) is 0 Å². The second kappa shape index (κ2) is 7.07. The molecule has 19 heavy (non-hydrogen) atoms. The smallest absolute Gasteiger partial charge is 0.147 e. The van der Waals surface area contributed by atoms with Gasteiger partial charge in [0.15, 0.2) is 0 Å². The van der Waals surface area contributed by atoms with Crippen molar-refractivity contribution in [3.63, 3.8) is 0 Å². The lowest BCUT2D eigenvalue weighted by Gasteiger charge is -2.41. The highest BCUT2D eigenvalue weighted by Crippen LogP contribution is 2.43. The van der Waals surface area contributed by atoms with Crippen LogP contribution >= 0.6 is 0 Å². The van der Waals surface area contributed by atoms with E-state index in [1.807, 2.05) is 0 Å². The lowest BCUT2D eigenvalue weighted by molar-refractivity contribution is 0.114. The molecule has 2 atom stereocenters. The first-order chi connectivity index (χ1) is 8.73. The molecule has 1 aliphatic rings. The van der Waals surface area contributed by atoms with Crippen LogP contribution in [0.1, 0.15) is 52.9 Å². The zero-order valence-electron chi connectivity index (χ0n) is 13.0. The van der Waals surface area contributed by atoms with Crippen LogP contribution in [-0.4, -0.2) is 33.5 Å². The topological polar surface area (TPSA) is 46.2 Å². The van der Waals surface area contributed by atoms with E-state index in [0.29, 0.717) is 23.0 Å². The lowest BCUT2D eigenvalue weighted by Crippen LogP contribution is -2.37. The minimum Gasteiger partial charge on any atom is -0.316 e. The molecule has 1 saturated carbocycles. The predicted molar refractivity (Wildman–Crippen MR) is 82.1 cm³/mol. The fourth-order valence-corrected chi connectivity index (χ4v) is 3.96. The van der Waals surface area contributed by atoms with Crippen LogP contribution in [0.3, 0.4) is 0 Å². The first kappa shape index (κ1) is 17.0. The molecular formula is C15H31NO2S. The molecule has 0 radical (unpaired) electrons. The van der Waals surface area contributed by atoms with Crippen molar-refractivity contribution >= 4 is 9.84 Å². The third kappa shape index (κ3) is 6.75. The molecule has 3 nitrogen and oxygen atoms in total. The summed E-state index contributed by atoms with van der Waals surface area (Å²) in [5, 5.41) is 3.51. The van der Waals surface area contributed by atoms with Gasteiger partial charge in [0, 0.05) is 6.26 Å². The van der Waals surface area contributed by atoms with Crippen LogP contribution in [-0.2, 0) is 9.84 Å². The second-order valence-electron chi connectivity index (χ2n) is 7.05. The van der Waals surface area contributed by atoms with Gasteiger partial charge in [0.05, 0.1) is 5.75 Å². The van der Waals surface area contributed by atoms with Crippen LogP contribution < -0.4 is 5.32 Å². The number of nitrogens with one attached hydrogen (secondary N) is 1. The van der Waals surface area contributed by atoms with Crippen LogP contribution in [0.5, 0.6) is 0 Å². The molecule has 1 aliphatic carbocycles. The summed E-state index contributed by atoms with van der Waals surface area (Å²) in [6.07, 6.45) is 7.01. The Morgan fingerprint density at radius 3 is 2.53 bits per heavy atom. The molecule has 0 amide bonds. The summed E-state index contributed by atoms with van der Waals surface area (Å²) in [5.41, 5.74) is 0.378. The quantitative estimate of drug-likeness (QED) is 0.733. The molecule has 0 aromatic carbocycles. The summed E-state index contributed by atoms with van der Waals surface area (Å²) in [4.78, 5) is 0. The largest absolute Gasteiger partial charge is 0.316 e. The van der Waals surface area contributed by atoms with E-state index in [1.165, 1.54) is 25.5 Å². The predicted octanol–water partition coefficient (Wildman–Crippen LogP) is 2.86. The Morgan fingerprint density at radius 1 is 1.26 bits per heavy atom. The SMILES string of the molecule is CCCNCC1CCC(C)(C)CC1CCS(C)(=O)=O. The molecule has 0 aromatic rings. The Hall–Kier alpha value is -0.0900. The summed E-state index contributed by atoms with van der Waals surface area (Å²) in [7, 11) is -2.83. The van der Waals surface area contributed by atoms with Crippen molar-refractivity contribution in [2.24, 2.45) is 17.3 Å². The number of rotatable bonds is 7. The summed E-state index contributed by atoms with van der Waals surface area (Å²) in [5.74, 6) is 1.56. The van der Waals surface area contributed by atoms with E-state index in [2.05, 4.69) is 26.1 Å². The van der Waals surface area contributed by atoms with Crippen molar-refractivity contribution in [2.75, 3.05) is 25.1 Å². The van der Waals surface area contributed by atoms with Crippen molar-refractivity contribution < 1.29 is 8.42 Å². The monoisotopic (exact) mass is 289 g/mol. The maximum absolute atomic E-state index is 11.4. The van der Waals surface area contributed by atoms with Crippen LogP contribution in [0.2, 0.25) is 0 Å². The van der Waals surface area contributed by atoms with Gasteiger partial charge in [0.25, 0.3) is 0 Å². The van der Waals surface area contributed by atoms with Gasteiger partial charge < -0.3 is 5.32 Å². The van der Waals surface area contributed by atoms with Crippen LogP contribution in [0.25, 0.3) is 0 Å². The molecule has 0 heterocycles. The average Bonchev–Trinajstić information content (AvgIpc) is 2.27. The molecule has 0 bridgehead atoms. The molecule has 0 saturated heterocycles. The second-order valence-corrected chi connectivity index (χ2v) is 9.31. The minimum absolute atomic E-state index is 0.345. The van der Waals surface area contributed by atoms with Gasteiger partial charge in [0.1, 0.15) is 9.84 Å². The lowest BCUT2D eigenvalue weighted by atomic mass is 9.66. The van der Waals surface area contributed by atoms with Crippen molar-refractivity contribution in [2.45, 2.75) is 52.9 Å². The fraction of sp³-hybridized carbons (Fsp3) is 1.00. The highest BCUT2D eigenvalue weighted by atomic mass is 32.2. The van der Waals surface area contributed by atoms with Gasteiger partial charge in [-0.2, -0.15) is 0 Å². The summed E-state index contributed by atoms with van der Waals surface area (Å²) in [6, 6.07) is 0. The van der Waals surface area contributed by atoms with E-state index in [-0.39, 0.29) is 0 Å². The summed E-state index contributed by atoms with van der Waals surface area (Å²) in [6.45, 7) is 8.93. The van der Waals surface area contributed by atoms with Crippen molar-refractivity contribution in [1.29, 1.82) is 0 Å². The van der Waals surface area contributed by atoms with Crippen molar-refractivity contribution in [3.8, 4) is 0 Å². The van der Waals surface area contributed by atoms with Crippen LogP contribution in [0.15, 0.2) is 0 Å². The zero-order chi connectivity index (χ0) is 14.5. The fourth-order valence-electron chi connectivity index (χ4n) is 3.23. The van der Waals surface area contributed by atoms with Gasteiger partial charge in [-0.25, -0.2) is 8.42 Å². The molecule has 114 valence electrons. The van der Waals surface area contributed by atoms with E-state index >= 15 is 0 Å². The Labute approximate surface area is 119 Å². The highest BCUT2D eigenvalue weighted by molar-refractivity contribution is 7.90. The zero-order valence-corrected chi connectivity index (χ0v) is 13.9. The van der Waals surface area contributed by atoms with Gasteiger partial charge >= 0.3 is 0 Å². The standard InChI is InChI=1S/C15H31NO2S/c1-5-9-16-12-14-6-8-15(2,3)11-13(14)7-10-19(4,17)18/h13-14,16H,5-12H2,1-4H3. The van der Waals surface area contributed by atoms with E-state index in [4.69, 9.17) is 0 Å². The van der Waals surface area contributed by atoms with Crippen molar-refractivity contribution in [1.82, 2.24) is 5.32 Å². The first-order valence-electron chi connectivity index (χ1n) is 7.62. The Balaban J connectivity index is 2.56. The van der Waals surface area contributed by atoms with Gasteiger partial charge in [-0.3, -0.25) is 0 Å². The van der Waals surface area contributed by atoms with E-state index in [0.717, 1.165) is 25.9 Å². The molecule has 2 unspecified atom stereocenters. The highest BCUT2D eigenvalue weighted by Gasteiger charge is 2.34. The van der Waals surface area contributed by atoms with Gasteiger partial charge in [-0.1, -0.05) is 20.8 Å². The molecule has 0 spiro atoms. The van der Waals surface area contributed by atoms with Crippen molar-refractivity contribution in [3.05, 3.63) is 0 Å². The van der Waals surface area contributed by atoms with E-state index in [1.54, 1.807) is 0 Å². The molecular weight excluding hydrogens is 258 g/mol. The first-order valence-corrected chi connectivity index (χ1v) is 9.68. The molecule has 0 aromatic heterocycles. The van der Waals surface area contributed by atoms with Crippen LogP contribution in [0, 0.1) is 17.3 Å². The van der Waals surface area contributed by atoms with Crippen LogP contribution in [0.4, 0.5) is 0 Å². The van der Waals surface area contributed by atoms with E-state index in [9.17, 15) is 8.42 Å². The number of hydrogen-bond donors (Lipinski definition) is 1. The summed E-state index contributed by atoms with van der Waals surface area (Å²) >= 11 is 0. The normalized spacial score (nSPS) is 27.4. The number of hydrogen-bond acceptors (Lipinski definition) is 3. The Bertz CT molecular complexity index is 362. The Kier molecular flexibility index (Phi) is 6.31. The molecule has 4 heteroatoms. The van der Waals surface area contributed by atoms with E-state index < -0.39 is 9.84 Å². The maximum Gasteiger partial charge on any atom is 0.147 e. The summed E-state index contributed by atoms with van der Waals surface area (Å²) < 4.78 is 22.8. The third-order valence-corrected chi connectivity index (χ3v) is 5.34. The molecule has 1 fully saturated rings. The molecule has 0 aliphatic heterocycles. The van der Waals surface area contributed by atoms with Gasteiger partial charge in [0.2, 0.25) is 0 Å². The average molecular weight is 289 g/mol. The number of sulfone groups is 1. The molecule has 1 N–H and O–H groups in total. The minimum atomic E-state index is -2.83. The van der Waals surface area contributed by atoms with Gasteiger partial charge in [-0.05, 0) is 62.4 Å². The molecule has 1 rings (SSSR count). The third-order valence-electron chi connectivity index (χ3n) is 4.37.